The molecule has 0 spiro atoms. The van der Waals surface area contributed by atoms with Crippen LogP contribution in [0.4, 0.5) is 29.3 Å². The van der Waals surface area contributed by atoms with Crippen LogP contribution in [0.5, 0.6) is 5.75 Å². The standard InChI is InChI=1S/C32H32F3N3O6/c33-32(34,35)44-28-15-12-26(18-25(28)20-39)37-31(43)38(27-13-10-23(11-14-27)22-4-2-1-3-5-22)19-21-6-8-24(9-7-21)30(42)36-17-16-29(40)41/h4,6-15,18,39H,1-3,5,16-17,19-20H2,(H,36,42)(H,37,43)(H,40,41). The fraction of sp³-hybridized carbons (Fsp3) is 0.281. The molecular formula is C32H32F3N3O6. The molecule has 232 valence electrons. The fourth-order valence-corrected chi connectivity index (χ4v) is 4.76. The number of hydrogen-bond donors (Lipinski definition) is 4. The number of rotatable bonds is 11. The Morgan fingerprint density at radius 1 is 0.955 bits per heavy atom. The summed E-state index contributed by atoms with van der Waals surface area (Å²) in [6, 6.07) is 16.8. The van der Waals surface area contributed by atoms with Crippen molar-refractivity contribution in [2.75, 3.05) is 16.8 Å². The summed E-state index contributed by atoms with van der Waals surface area (Å²) in [4.78, 5) is 38.1. The van der Waals surface area contributed by atoms with E-state index in [0.717, 1.165) is 37.3 Å². The summed E-state index contributed by atoms with van der Waals surface area (Å²) < 4.78 is 42.2. The lowest BCUT2D eigenvalue weighted by atomic mass is 9.93. The Morgan fingerprint density at radius 2 is 1.68 bits per heavy atom. The van der Waals surface area contributed by atoms with Crippen LogP contribution in [0.15, 0.2) is 72.8 Å². The summed E-state index contributed by atoms with van der Waals surface area (Å²) in [5.74, 6) is -2.03. The Balaban J connectivity index is 1.56. The van der Waals surface area contributed by atoms with Crippen LogP contribution in [-0.2, 0) is 17.9 Å². The van der Waals surface area contributed by atoms with Crippen molar-refractivity contribution < 1.29 is 42.5 Å². The van der Waals surface area contributed by atoms with E-state index in [1.54, 1.807) is 24.3 Å². The van der Waals surface area contributed by atoms with Crippen molar-refractivity contribution in [1.29, 1.82) is 0 Å². The van der Waals surface area contributed by atoms with Gasteiger partial charge in [0.15, 0.2) is 0 Å². The summed E-state index contributed by atoms with van der Waals surface area (Å²) in [5, 5.41) is 23.6. The number of anilines is 2. The Morgan fingerprint density at radius 3 is 2.30 bits per heavy atom. The van der Waals surface area contributed by atoms with Crippen molar-refractivity contribution in [2.45, 2.75) is 51.6 Å². The predicted molar refractivity (Wildman–Crippen MR) is 158 cm³/mol. The minimum absolute atomic E-state index is 0.0158. The minimum Gasteiger partial charge on any atom is -0.481 e. The van der Waals surface area contributed by atoms with Gasteiger partial charge in [-0.15, -0.1) is 13.2 Å². The maximum atomic E-state index is 13.6. The second-order valence-electron chi connectivity index (χ2n) is 10.2. The van der Waals surface area contributed by atoms with Crippen LogP contribution in [-0.4, -0.2) is 41.0 Å². The smallest absolute Gasteiger partial charge is 0.481 e. The summed E-state index contributed by atoms with van der Waals surface area (Å²) >= 11 is 0. The van der Waals surface area contributed by atoms with Gasteiger partial charge in [-0.3, -0.25) is 14.5 Å². The third kappa shape index (κ3) is 9.08. The summed E-state index contributed by atoms with van der Waals surface area (Å²) in [6.07, 6.45) is 1.32. The van der Waals surface area contributed by atoms with E-state index < -0.39 is 36.6 Å². The number of aliphatic hydroxyl groups excluding tert-OH is 1. The number of benzene rings is 3. The molecule has 1 aliphatic rings. The summed E-state index contributed by atoms with van der Waals surface area (Å²) in [7, 11) is 0. The van der Waals surface area contributed by atoms with Gasteiger partial charge in [0.2, 0.25) is 0 Å². The van der Waals surface area contributed by atoms with E-state index in [9.17, 15) is 32.7 Å². The number of halogens is 3. The van der Waals surface area contributed by atoms with Gasteiger partial charge in [0.25, 0.3) is 5.91 Å². The van der Waals surface area contributed by atoms with Gasteiger partial charge in [-0.1, -0.05) is 30.3 Å². The number of urea groups is 1. The first-order chi connectivity index (χ1) is 21.0. The molecular weight excluding hydrogens is 579 g/mol. The lowest BCUT2D eigenvalue weighted by Crippen LogP contribution is -2.34. The zero-order valence-electron chi connectivity index (χ0n) is 23.7. The van der Waals surface area contributed by atoms with Crippen LogP contribution in [0.3, 0.4) is 0 Å². The van der Waals surface area contributed by atoms with Crippen LogP contribution >= 0.6 is 0 Å². The topological polar surface area (TPSA) is 128 Å². The summed E-state index contributed by atoms with van der Waals surface area (Å²) in [5.41, 5.74) is 3.83. The van der Waals surface area contributed by atoms with E-state index in [1.165, 1.54) is 22.6 Å². The van der Waals surface area contributed by atoms with Crippen molar-refractivity contribution >= 4 is 34.9 Å². The van der Waals surface area contributed by atoms with Gasteiger partial charge in [-0.05, 0) is 84.8 Å². The molecule has 0 saturated carbocycles. The molecule has 3 aromatic carbocycles. The van der Waals surface area contributed by atoms with Gasteiger partial charge in [-0.25, -0.2) is 4.79 Å². The first-order valence-electron chi connectivity index (χ1n) is 14.0. The largest absolute Gasteiger partial charge is 0.573 e. The number of carboxylic acid groups (broad SMARTS) is 1. The Kier molecular flexibility index (Phi) is 10.6. The van der Waals surface area contributed by atoms with Crippen LogP contribution < -0.4 is 20.3 Å². The second kappa shape index (κ2) is 14.6. The number of allylic oxidation sites excluding steroid dienone is 2. The average Bonchev–Trinajstić information content (AvgIpc) is 3.00. The van der Waals surface area contributed by atoms with Gasteiger partial charge in [-0.2, -0.15) is 0 Å². The lowest BCUT2D eigenvalue weighted by molar-refractivity contribution is -0.275. The van der Waals surface area contributed by atoms with Crippen molar-refractivity contribution in [3.8, 4) is 5.75 Å². The molecule has 0 radical (unpaired) electrons. The number of hydrogen-bond acceptors (Lipinski definition) is 5. The number of nitrogens with one attached hydrogen (secondary N) is 2. The first-order valence-corrected chi connectivity index (χ1v) is 14.0. The van der Waals surface area contributed by atoms with Crippen LogP contribution in [0.2, 0.25) is 0 Å². The lowest BCUT2D eigenvalue weighted by Gasteiger charge is -2.24. The Hall–Kier alpha value is -4.84. The molecule has 3 aromatic rings. The van der Waals surface area contributed by atoms with E-state index in [2.05, 4.69) is 21.4 Å². The Bertz CT molecular complexity index is 1510. The van der Waals surface area contributed by atoms with Crippen molar-refractivity contribution in [1.82, 2.24) is 5.32 Å². The van der Waals surface area contributed by atoms with Gasteiger partial charge in [0, 0.05) is 29.0 Å². The highest BCUT2D eigenvalue weighted by molar-refractivity contribution is 6.02. The number of aliphatic carboxylic acids is 1. The van der Waals surface area contributed by atoms with Crippen LogP contribution in [0.1, 0.15) is 59.2 Å². The van der Waals surface area contributed by atoms with Gasteiger partial charge < -0.3 is 25.6 Å². The number of carboxylic acids is 1. The molecule has 9 nitrogen and oxygen atoms in total. The third-order valence-electron chi connectivity index (χ3n) is 6.97. The normalized spacial score (nSPS) is 13.0. The molecule has 0 atom stereocenters. The van der Waals surface area contributed by atoms with Gasteiger partial charge >= 0.3 is 18.4 Å². The number of amides is 3. The van der Waals surface area contributed by atoms with Gasteiger partial charge in [0.05, 0.1) is 19.6 Å². The quantitative estimate of drug-likeness (QED) is 0.197. The monoisotopic (exact) mass is 611 g/mol. The number of carbonyl (C=O) groups excluding carboxylic acids is 2. The van der Waals surface area contributed by atoms with Gasteiger partial charge in [0.1, 0.15) is 5.75 Å². The van der Waals surface area contributed by atoms with E-state index >= 15 is 0 Å². The molecule has 3 amide bonds. The molecule has 0 unspecified atom stereocenters. The second-order valence-corrected chi connectivity index (χ2v) is 10.2. The number of aliphatic hydroxyl groups is 1. The van der Waals surface area contributed by atoms with E-state index in [1.807, 2.05) is 24.3 Å². The number of ether oxygens (including phenoxy) is 1. The summed E-state index contributed by atoms with van der Waals surface area (Å²) in [6.45, 7) is -0.679. The molecule has 0 saturated heterocycles. The fourth-order valence-electron chi connectivity index (χ4n) is 4.76. The van der Waals surface area contributed by atoms with E-state index in [4.69, 9.17) is 5.11 Å². The number of nitrogens with zero attached hydrogens (tertiary/aromatic N) is 1. The first kappa shape index (κ1) is 32.1. The number of carbonyl (C=O) groups is 3. The maximum absolute atomic E-state index is 13.6. The van der Waals surface area contributed by atoms with Crippen molar-refractivity contribution in [3.63, 3.8) is 0 Å². The molecule has 44 heavy (non-hydrogen) atoms. The number of alkyl halides is 3. The zero-order valence-corrected chi connectivity index (χ0v) is 23.7. The highest BCUT2D eigenvalue weighted by Gasteiger charge is 2.32. The molecule has 0 heterocycles. The van der Waals surface area contributed by atoms with Crippen LogP contribution in [0.25, 0.3) is 5.57 Å². The third-order valence-corrected chi connectivity index (χ3v) is 6.97. The average molecular weight is 612 g/mol. The van der Waals surface area contributed by atoms with Crippen molar-refractivity contribution in [3.05, 3.63) is 95.1 Å². The molecule has 4 rings (SSSR count). The zero-order chi connectivity index (χ0) is 31.7. The van der Waals surface area contributed by atoms with Crippen molar-refractivity contribution in [2.24, 2.45) is 0 Å². The molecule has 0 fully saturated rings. The SMILES string of the molecule is O=C(O)CCNC(=O)c1ccc(CN(C(=O)Nc2ccc(OC(F)(F)F)c(CO)c2)c2ccc(C3=CCCCC3)cc2)cc1. The van der Waals surface area contributed by atoms with Crippen LogP contribution in [0, 0.1) is 0 Å². The van der Waals surface area contributed by atoms with E-state index in [0.29, 0.717) is 16.8 Å². The molecule has 12 heteroatoms. The highest BCUT2D eigenvalue weighted by atomic mass is 19.4. The molecule has 0 aromatic heterocycles. The molecule has 4 N–H and O–H groups in total. The predicted octanol–water partition coefficient (Wildman–Crippen LogP) is 6.48. The minimum atomic E-state index is -4.94. The highest BCUT2D eigenvalue weighted by Crippen LogP contribution is 2.31. The Labute approximate surface area is 252 Å². The molecule has 0 bridgehead atoms. The van der Waals surface area contributed by atoms with E-state index in [-0.39, 0.29) is 30.8 Å². The molecule has 0 aliphatic heterocycles. The molecule has 1 aliphatic carbocycles. The maximum Gasteiger partial charge on any atom is 0.573 e.